The van der Waals surface area contributed by atoms with E-state index >= 15 is 0 Å². The molecule has 0 saturated carbocycles. The molecule has 0 radical (unpaired) electrons. The summed E-state index contributed by atoms with van der Waals surface area (Å²) in [6.07, 6.45) is 1.30. The van der Waals surface area contributed by atoms with E-state index in [1.165, 1.54) is 35.7 Å². The van der Waals surface area contributed by atoms with E-state index in [0.717, 1.165) is 0 Å². The molecule has 0 unspecified atom stereocenters. The molecule has 0 N–H and O–H groups in total. The van der Waals surface area contributed by atoms with Gasteiger partial charge in [-0.1, -0.05) is 61.8 Å². The van der Waals surface area contributed by atoms with Gasteiger partial charge in [-0.25, -0.2) is 0 Å². The summed E-state index contributed by atoms with van der Waals surface area (Å²) in [6, 6.07) is 13.4. The molecular weight excluding hydrogens is 184 g/mol. The second kappa shape index (κ2) is 6.02. The van der Waals surface area contributed by atoms with Crippen LogP contribution >= 0.6 is 0 Å². The summed E-state index contributed by atoms with van der Waals surface area (Å²) >= 11 is 0. The van der Waals surface area contributed by atoms with E-state index in [0.29, 0.717) is 0 Å². The molecular formula is C13H22Si. The van der Waals surface area contributed by atoms with Crippen LogP contribution in [0.2, 0.25) is 18.1 Å². The topological polar surface area (TPSA) is 0 Å². The van der Waals surface area contributed by atoms with E-state index in [1.54, 1.807) is 0 Å². The second-order valence-corrected chi connectivity index (χ2v) is 8.15. The van der Waals surface area contributed by atoms with Gasteiger partial charge in [-0.2, -0.15) is 0 Å². The Kier molecular flexibility index (Phi) is 4.95. The quantitative estimate of drug-likeness (QED) is 0.643. The normalized spacial score (nSPS) is 10.9. The summed E-state index contributed by atoms with van der Waals surface area (Å²) in [4.78, 5) is 0. The van der Waals surface area contributed by atoms with Crippen molar-refractivity contribution in [2.75, 3.05) is 0 Å². The third-order valence-corrected chi connectivity index (χ3v) is 6.53. The fourth-order valence-corrected chi connectivity index (χ4v) is 3.96. The molecule has 0 amide bonds. The molecule has 0 aliphatic rings. The van der Waals surface area contributed by atoms with Crippen molar-refractivity contribution < 1.29 is 0 Å². The van der Waals surface area contributed by atoms with Crippen molar-refractivity contribution in [1.82, 2.24) is 0 Å². The molecule has 0 aliphatic carbocycles. The van der Waals surface area contributed by atoms with Crippen molar-refractivity contribution in [3.05, 3.63) is 35.4 Å². The Balaban J connectivity index is 2.41. The highest BCUT2D eigenvalue weighted by molar-refractivity contribution is 6.58. The molecule has 1 heteroatoms. The third-order valence-electron chi connectivity index (χ3n) is 3.12. The fourth-order valence-electron chi connectivity index (χ4n) is 1.82. The smallest absolute Gasteiger partial charge is 0.0365 e. The Hall–Kier alpha value is -0.563. The average molecular weight is 206 g/mol. The lowest BCUT2D eigenvalue weighted by Gasteiger charge is -2.09. The highest BCUT2D eigenvalue weighted by Crippen LogP contribution is 2.11. The molecule has 0 saturated heterocycles. The largest absolute Gasteiger partial charge is 0.0680 e. The van der Waals surface area contributed by atoms with Crippen LogP contribution in [0.5, 0.6) is 0 Å². The Labute approximate surface area is 90.0 Å². The molecule has 0 bridgehead atoms. The van der Waals surface area contributed by atoms with Gasteiger partial charge in [0.1, 0.15) is 0 Å². The number of aryl methyl sites for hydroxylation is 2. The lowest BCUT2D eigenvalue weighted by Crippen LogP contribution is -2.09. The predicted molar refractivity (Wildman–Crippen MR) is 67.8 cm³/mol. The van der Waals surface area contributed by atoms with E-state index in [2.05, 4.69) is 45.0 Å². The van der Waals surface area contributed by atoms with Crippen LogP contribution < -0.4 is 0 Å². The van der Waals surface area contributed by atoms with Gasteiger partial charge in [0.25, 0.3) is 0 Å². The molecule has 0 heterocycles. The van der Waals surface area contributed by atoms with E-state index in [9.17, 15) is 0 Å². The van der Waals surface area contributed by atoms with Crippen molar-refractivity contribution in [3.63, 3.8) is 0 Å². The standard InChI is InChI=1S/C13H22Si/c1-4-14(5-2)11-10-13-8-6-12(3)7-9-13/h6-9,14H,4-5,10-11H2,1-3H3. The van der Waals surface area contributed by atoms with Gasteiger partial charge in [-0.05, 0) is 18.9 Å². The van der Waals surface area contributed by atoms with Gasteiger partial charge in [0.2, 0.25) is 0 Å². The zero-order chi connectivity index (χ0) is 10.4. The fraction of sp³-hybridized carbons (Fsp3) is 0.538. The van der Waals surface area contributed by atoms with Gasteiger partial charge < -0.3 is 0 Å². The zero-order valence-corrected chi connectivity index (χ0v) is 10.9. The highest BCUT2D eigenvalue weighted by atomic mass is 28.3. The minimum Gasteiger partial charge on any atom is -0.0680 e. The van der Waals surface area contributed by atoms with Crippen LogP contribution in [0.25, 0.3) is 0 Å². The van der Waals surface area contributed by atoms with Crippen LogP contribution in [0.1, 0.15) is 25.0 Å². The first kappa shape index (κ1) is 11.5. The second-order valence-electron chi connectivity index (χ2n) is 4.21. The maximum Gasteiger partial charge on any atom is 0.0365 e. The summed E-state index contributed by atoms with van der Waals surface area (Å²) in [5.74, 6) is 0. The molecule has 78 valence electrons. The van der Waals surface area contributed by atoms with Crippen molar-refractivity contribution in [3.8, 4) is 0 Å². The molecule has 0 spiro atoms. The van der Waals surface area contributed by atoms with Gasteiger partial charge in [-0.3, -0.25) is 0 Å². The maximum atomic E-state index is 2.36. The molecule has 0 fully saturated rings. The number of benzene rings is 1. The van der Waals surface area contributed by atoms with Gasteiger partial charge in [0.05, 0.1) is 0 Å². The van der Waals surface area contributed by atoms with Crippen molar-refractivity contribution in [2.45, 2.75) is 45.3 Å². The molecule has 0 aromatic heterocycles. The summed E-state index contributed by atoms with van der Waals surface area (Å²) in [7, 11) is -0.374. The van der Waals surface area contributed by atoms with Crippen LogP contribution in [-0.4, -0.2) is 8.80 Å². The SMILES string of the molecule is CC[SiH](CC)CCc1ccc(C)cc1. The highest BCUT2D eigenvalue weighted by Gasteiger charge is 2.04. The molecule has 0 aliphatic heterocycles. The first-order valence-electron chi connectivity index (χ1n) is 5.81. The third kappa shape index (κ3) is 3.67. The molecule has 1 aromatic rings. The van der Waals surface area contributed by atoms with Crippen molar-refractivity contribution in [1.29, 1.82) is 0 Å². The molecule has 0 atom stereocenters. The van der Waals surface area contributed by atoms with E-state index < -0.39 is 0 Å². The van der Waals surface area contributed by atoms with E-state index in [-0.39, 0.29) is 8.80 Å². The number of rotatable bonds is 5. The average Bonchev–Trinajstić information content (AvgIpc) is 2.22. The Bertz CT molecular complexity index is 246. The Morgan fingerprint density at radius 1 is 1.00 bits per heavy atom. The Morgan fingerprint density at radius 3 is 2.07 bits per heavy atom. The lowest BCUT2D eigenvalue weighted by atomic mass is 10.1. The molecule has 1 aromatic carbocycles. The number of hydrogen-bond donors (Lipinski definition) is 0. The van der Waals surface area contributed by atoms with Gasteiger partial charge in [0.15, 0.2) is 0 Å². The summed E-state index contributed by atoms with van der Waals surface area (Å²) in [5.41, 5.74) is 2.89. The van der Waals surface area contributed by atoms with Gasteiger partial charge in [0, 0.05) is 8.80 Å². The summed E-state index contributed by atoms with van der Waals surface area (Å²) in [5, 5.41) is 0. The first-order valence-corrected chi connectivity index (χ1v) is 8.26. The molecule has 14 heavy (non-hydrogen) atoms. The van der Waals surface area contributed by atoms with E-state index in [1.807, 2.05) is 0 Å². The van der Waals surface area contributed by atoms with Crippen LogP contribution in [0, 0.1) is 6.92 Å². The van der Waals surface area contributed by atoms with Gasteiger partial charge >= 0.3 is 0 Å². The van der Waals surface area contributed by atoms with Crippen LogP contribution in [0.3, 0.4) is 0 Å². The van der Waals surface area contributed by atoms with Crippen LogP contribution in [0.15, 0.2) is 24.3 Å². The minimum atomic E-state index is -0.374. The number of hydrogen-bond acceptors (Lipinski definition) is 0. The van der Waals surface area contributed by atoms with Crippen LogP contribution in [0.4, 0.5) is 0 Å². The van der Waals surface area contributed by atoms with Crippen molar-refractivity contribution >= 4 is 8.80 Å². The Morgan fingerprint density at radius 2 is 1.57 bits per heavy atom. The molecule has 1 rings (SSSR count). The molecule has 0 nitrogen and oxygen atoms in total. The predicted octanol–water partition coefficient (Wildman–Crippen LogP) is 3.80. The first-order chi connectivity index (χ1) is 6.76. The minimum absolute atomic E-state index is 0.374. The maximum absolute atomic E-state index is 2.36. The summed E-state index contributed by atoms with van der Waals surface area (Å²) < 4.78 is 0. The zero-order valence-electron chi connectivity index (χ0n) is 9.72. The van der Waals surface area contributed by atoms with E-state index in [4.69, 9.17) is 0 Å². The van der Waals surface area contributed by atoms with Gasteiger partial charge in [-0.15, -0.1) is 0 Å². The van der Waals surface area contributed by atoms with Crippen LogP contribution in [-0.2, 0) is 6.42 Å². The summed E-state index contributed by atoms with van der Waals surface area (Å²) in [6.45, 7) is 6.87. The monoisotopic (exact) mass is 206 g/mol. The lowest BCUT2D eigenvalue weighted by molar-refractivity contribution is 1.08. The van der Waals surface area contributed by atoms with Crippen molar-refractivity contribution in [2.24, 2.45) is 0 Å².